The highest BCUT2D eigenvalue weighted by atomic mass is 32.2. The quantitative estimate of drug-likeness (QED) is 0.205. The molecule has 0 spiro atoms. The Morgan fingerprint density at radius 1 is 0.967 bits per heavy atom. The molecule has 11 heteroatoms. The second kappa shape index (κ2) is 14.6. The number of thioether (sulfide) groups is 1. The molecule has 0 aliphatic carbocycles. The van der Waals surface area contributed by atoms with Gasteiger partial charge in [-0.25, -0.2) is 4.79 Å². The molecule has 2 fully saturated rings. The Bertz CT molecular complexity index is 552. The number of hydrogen-bond acceptors (Lipinski definition) is 8. The normalized spacial score (nSPS) is 22.4. The lowest BCUT2D eigenvalue weighted by Gasteiger charge is -2.16. The number of nitrogens with one attached hydrogen (secondary N) is 3. The molecule has 30 heavy (non-hydrogen) atoms. The van der Waals surface area contributed by atoms with E-state index >= 15 is 0 Å². The van der Waals surface area contributed by atoms with Crippen molar-refractivity contribution >= 4 is 29.5 Å². The van der Waals surface area contributed by atoms with Gasteiger partial charge in [0.05, 0.1) is 64.9 Å². The zero-order valence-corrected chi connectivity index (χ0v) is 18.3. The number of rotatable bonds is 17. The van der Waals surface area contributed by atoms with Crippen LogP contribution in [-0.2, 0) is 28.5 Å². The van der Waals surface area contributed by atoms with E-state index in [1.165, 1.54) is 6.92 Å². The van der Waals surface area contributed by atoms with Gasteiger partial charge in [-0.1, -0.05) is 0 Å². The summed E-state index contributed by atoms with van der Waals surface area (Å²) < 4.78 is 21.4. The average molecular weight is 448 g/mol. The van der Waals surface area contributed by atoms with Crippen LogP contribution in [0.3, 0.4) is 0 Å². The van der Waals surface area contributed by atoms with Gasteiger partial charge in [0, 0.05) is 30.4 Å². The maximum absolute atomic E-state index is 12.0. The van der Waals surface area contributed by atoms with Crippen molar-refractivity contribution in [1.82, 2.24) is 16.0 Å². The summed E-state index contributed by atoms with van der Waals surface area (Å²) in [6.07, 6.45) is 0.823. The summed E-state index contributed by atoms with van der Waals surface area (Å²) in [5.74, 6) is 0.925. The molecular formula is C19H33N3O7S. The molecule has 0 bridgehead atoms. The zero-order chi connectivity index (χ0) is 21.6. The summed E-state index contributed by atoms with van der Waals surface area (Å²) in [5.41, 5.74) is 0. The van der Waals surface area contributed by atoms with E-state index in [0.29, 0.717) is 72.2 Å². The number of carbonyl (C=O) groups excluding carboxylic acids is 3. The predicted molar refractivity (Wildman–Crippen MR) is 112 cm³/mol. The largest absolute Gasteiger partial charge is 0.379 e. The lowest BCUT2D eigenvalue weighted by Crippen LogP contribution is -2.40. The van der Waals surface area contributed by atoms with Crippen molar-refractivity contribution in [3.8, 4) is 0 Å². The Morgan fingerprint density at radius 3 is 2.20 bits per heavy atom. The predicted octanol–water partition coefficient (Wildman–Crippen LogP) is -0.296. The number of ketones is 1. The molecule has 3 N–H and O–H groups in total. The highest BCUT2D eigenvalue weighted by Crippen LogP contribution is 2.31. The Kier molecular flexibility index (Phi) is 12.1. The summed E-state index contributed by atoms with van der Waals surface area (Å²) in [4.78, 5) is 34.1. The van der Waals surface area contributed by atoms with E-state index in [0.717, 1.165) is 5.75 Å². The molecule has 10 nitrogen and oxygen atoms in total. The van der Waals surface area contributed by atoms with Crippen molar-refractivity contribution in [3.05, 3.63) is 0 Å². The lowest BCUT2D eigenvalue weighted by atomic mass is 10.1. The third-order valence-electron chi connectivity index (χ3n) is 4.61. The highest BCUT2D eigenvalue weighted by Gasteiger charge is 2.43. The lowest BCUT2D eigenvalue weighted by molar-refractivity contribution is -0.121. The number of hydrogen-bond donors (Lipinski definition) is 3. The average Bonchev–Trinajstić information content (AvgIpc) is 3.24. The molecule has 2 rings (SSSR count). The molecule has 0 aromatic rings. The Labute approximate surface area is 181 Å². The summed E-state index contributed by atoms with van der Waals surface area (Å²) in [7, 11) is 0. The Hall–Kier alpha value is -1.40. The third kappa shape index (κ3) is 10.1. The summed E-state index contributed by atoms with van der Waals surface area (Å²) in [6.45, 7) is 5.64. The van der Waals surface area contributed by atoms with Gasteiger partial charge in [0.15, 0.2) is 0 Å². The first-order valence-electron chi connectivity index (χ1n) is 10.3. The van der Waals surface area contributed by atoms with E-state index in [1.807, 2.05) is 0 Å². The SMILES string of the molecule is CC(=O)CCOCCOCCOCCOCCNC(=O)CC1SC[C@@H]2NC(=O)N[C@H]12. The van der Waals surface area contributed by atoms with Crippen LogP contribution in [0.5, 0.6) is 0 Å². The van der Waals surface area contributed by atoms with Gasteiger partial charge in [0.2, 0.25) is 5.91 Å². The first-order chi connectivity index (χ1) is 14.6. The van der Waals surface area contributed by atoms with E-state index in [2.05, 4.69) is 16.0 Å². The van der Waals surface area contributed by atoms with Crippen LogP contribution >= 0.6 is 11.8 Å². The minimum absolute atomic E-state index is 0.0310. The fourth-order valence-corrected chi connectivity index (χ4v) is 4.54. The first-order valence-corrected chi connectivity index (χ1v) is 11.4. The molecule has 2 saturated heterocycles. The Balaban J connectivity index is 1.31. The fourth-order valence-electron chi connectivity index (χ4n) is 3.06. The van der Waals surface area contributed by atoms with Gasteiger partial charge in [-0.05, 0) is 6.92 Å². The van der Waals surface area contributed by atoms with Gasteiger partial charge in [0.1, 0.15) is 5.78 Å². The van der Waals surface area contributed by atoms with Crippen molar-refractivity contribution in [2.24, 2.45) is 0 Å². The van der Waals surface area contributed by atoms with Crippen molar-refractivity contribution in [3.63, 3.8) is 0 Å². The summed E-state index contributed by atoms with van der Waals surface area (Å²) in [5, 5.41) is 8.69. The van der Waals surface area contributed by atoms with Gasteiger partial charge in [-0.2, -0.15) is 11.8 Å². The summed E-state index contributed by atoms with van der Waals surface area (Å²) in [6, 6.07) is 0.0121. The second-order valence-corrected chi connectivity index (χ2v) is 8.35. The maximum Gasteiger partial charge on any atom is 0.315 e. The molecule has 0 saturated carbocycles. The van der Waals surface area contributed by atoms with Crippen molar-refractivity contribution in [1.29, 1.82) is 0 Å². The number of fused-ring (bicyclic) bond motifs is 1. The molecule has 3 amide bonds. The number of carbonyl (C=O) groups is 3. The maximum atomic E-state index is 12.0. The molecule has 2 heterocycles. The topological polar surface area (TPSA) is 124 Å². The molecule has 0 aromatic heterocycles. The number of urea groups is 1. The van der Waals surface area contributed by atoms with Crippen LogP contribution in [0.2, 0.25) is 0 Å². The van der Waals surface area contributed by atoms with E-state index in [4.69, 9.17) is 18.9 Å². The zero-order valence-electron chi connectivity index (χ0n) is 17.5. The smallest absolute Gasteiger partial charge is 0.315 e. The van der Waals surface area contributed by atoms with Crippen LogP contribution in [0, 0.1) is 0 Å². The summed E-state index contributed by atoms with van der Waals surface area (Å²) >= 11 is 1.71. The van der Waals surface area contributed by atoms with Crippen LogP contribution < -0.4 is 16.0 Å². The molecule has 172 valence electrons. The van der Waals surface area contributed by atoms with E-state index in [1.54, 1.807) is 11.8 Å². The molecule has 2 aliphatic rings. The van der Waals surface area contributed by atoms with Crippen molar-refractivity contribution in [2.45, 2.75) is 37.1 Å². The minimum atomic E-state index is -0.145. The number of ether oxygens (including phenoxy) is 4. The van der Waals surface area contributed by atoms with Crippen LogP contribution in [0.1, 0.15) is 19.8 Å². The van der Waals surface area contributed by atoms with Crippen molar-refractivity contribution in [2.75, 3.05) is 65.2 Å². The monoisotopic (exact) mass is 447 g/mol. The molecular weight excluding hydrogens is 414 g/mol. The number of amides is 3. The third-order valence-corrected chi connectivity index (χ3v) is 6.05. The van der Waals surface area contributed by atoms with Crippen LogP contribution in [0.15, 0.2) is 0 Å². The van der Waals surface area contributed by atoms with Gasteiger partial charge in [-0.15, -0.1) is 0 Å². The van der Waals surface area contributed by atoms with E-state index < -0.39 is 0 Å². The van der Waals surface area contributed by atoms with E-state index in [-0.39, 0.29) is 35.1 Å². The van der Waals surface area contributed by atoms with Gasteiger partial charge in [0.25, 0.3) is 0 Å². The standard InChI is InChI=1S/C19H33N3O7S/c1-14(23)2-4-26-6-8-28-10-11-29-9-7-27-5-3-20-17(24)12-16-18-15(13-30-16)21-19(25)22-18/h15-16,18H,2-13H2,1H3,(H,20,24)(H2,21,22,25)/t15-,16?,18-/m0/s1. The van der Waals surface area contributed by atoms with Crippen LogP contribution in [-0.4, -0.2) is 100 Å². The van der Waals surface area contributed by atoms with Crippen molar-refractivity contribution < 1.29 is 33.3 Å². The molecule has 2 aliphatic heterocycles. The first kappa shape index (κ1) is 24.9. The second-order valence-electron chi connectivity index (χ2n) is 7.08. The molecule has 0 aromatic carbocycles. The van der Waals surface area contributed by atoms with Crippen LogP contribution in [0.25, 0.3) is 0 Å². The minimum Gasteiger partial charge on any atom is -0.379 e. The molecule has 1 unspecified atom stereocenters. The van der Waals surface area contributed by atoms with Crippen LogP contribution in [0.4, 0.5) is 4.79 Å². The van der Waals surface area contributed by atoms with Gasteiger partial charge >= 0.3 is 6.03 Å². The van der Waals surface area contributed by atoms with E-state index in [9.17, 15) is 14.4 Å². The van der Waals surface area contributed by atoms with Gasteiger partial charge in [-0.3, -0.25) is 9.59 Å². The highest BCUT2D eigenvalue weighted by molar-refractivity contribution is 8.00. The molecule has 0 radical (unpaired) electrons. The number of Topliss-reactive ketones (excluding diaryl/α,β-unsaturated/α-hetero) is 1. The fraction of sp³-hybridized carbons (Fsp3) is 0.842. The van der Waals surface area contributed by atoms with Gasteiger partial charge < -0.3 is 34.9 Å². The molecule has 3 atom stereocenters. The Morgan fingerprint density at radius 2 is 1.57 bits per heavy atom.